The molecular weight excluding hydrogens is 294 g/mol. The Kier molecular flexibility index (Phi) is 4.06. The van der Waals surface area contributed by atoms with Gasteiger partial charge in [0.1, 0.15) is 16.3 Å². The zero-order chi connectivity index (χ0) is 13.1. The normalized spacial score (nSPS) is 10.9. The number of aryl methyl sites for hydroxylation is 3. The van der Waals surface area contributed by atoms with Crippen LogP contribution in [-0.4, -0.2) is 24.7 Å². The summed E-state index contributed by atoms with van der Waals surface area (Å²) in [6, 6.07) is 1.87. The van der Waals surface area contributed by atoms with Gasteiger partial charge in [-0.3, -0.25) is 0 Å². The number of aromatic nitrogens is 5. The number of rotatable bonds is 4. The molecule has 5 nitrogen and oxygen atoms in total. The van der Waals surface area contributed by atoms with E-state index in [-0.39, 0.29) is 0 Å². The minimum absolute atomic E-state index is 0.776. The number of hydrogen-bond acceptors (Lipinski definition) is 4. The van der Waals surface area contributed by atoms with Gasteiger partial charge in [-0.2, -0.15) is 4.68 Å². The lowest BCUT2D eigenvalue weighted by atomic mass is 10.4. The number of nitrogens with zero attached hydrogens (tertiary/aromatic N) is 5. The van der Waals surface area contributed by atoms with E-state index in [9.17, 15) is 0 Å². The zero-order valence-electron chi connectivity index (χ0n) is 10.8. The van der Waals surface area contributed by atoms with Gasteiger partial charge in [0, 0.05) is 25.3 Å². The number of halogens is 1. The van der Waals surface area contributed by atoms with Gasteiger partial charge in [0.15, 0.2) is 11.6 Å². The van der Waals surface area contributed by atoms with Crippen molar-refractivity contribution in [3.63, 3.8) is 0 Å². The summed E-state index contributed by atoms with van der Waals surface area (Å²) in [5.74, 6) is 3.35. The van der Waals surface area contributed by atoms with E-state index in [4.69, 9.17) is 0 Å². The van der Waals surface area contributed by atoms with Gasteiger partial charge in [-0.25, -0.2) is 15.0 Å². The predicted octanol–water partition coefficient (Wildman–Crippen LogP) is 2.51. The van der Waals surface area contributed by atoms with E-state index in [1.807, 2.05) is 24.6 Å². The average Bonchev–Trinajstić information content (AvgIpc) is 2.81. The van der Waals surface area contributed by atoms with E-state index >= 15 is 0 Å². The lowest BCUT2D eigenvalue weighted by Gasteiger charge is -2.05. The largest absolute Gasteiger partial charge is 0.226 e. The van der Waals surface area contributed by atoms with Crippen LogP contribution in [0.25, 0.3) is 5.82 Å². The molecule has 0 radical (unpaired) electrons. The molecular formula is C12H16BrN5. The summed E-state index contributed by atoms with van der Waals surface area (Å²) in [4.78, 5) is 13.3. The first kappa shape index (κ1) is 13.1. The summed E-state index contributed by atoms with van der Waals surface area (Å²) >= 11 is 3.41. The third-order valence-corrected chi connectivity index (χ3v) is 3.02. The highest BCUT2D eigenvalue weighted by Crippen LogP contribution is 2.14. The van der Waals surface area contributed by atoms with Gasteiger partial charge < -0.3 is 0 Å². The third kappa shape index (κ3) is 2.58. The fourth-order valence-electron chi connectivity index (χ4n) is 1.67. The first-order chi connectivity index (χ1) is 8.67. The van der Waals surface area contributed by atoms with Gasteiger partial charge in [-0.1, -0.05) is 20.8 Å². The van der Waals surface area contributed by atoms with Crippen molar-refractivity contribution in [2.75, 3.05) is 0 Å². The van der Waals surface area contributed by atoms with E-state index in [2.05, 4.69) is 42.9 Å². The molecule has 0 unspecified atom stereocenters. The minimum Gasteiger partial charge on any atom is -0.226 e. The Morgan fingerprint density at radius 1 is 1.00 bits per heavy atom. The van der Waals surface area contributed by atoms with Gasteiger partial charge >= 0.3 is 0 Å². The molecule has 2 rings (SSSR count). The van der Waals surface area contributed by atoms with Crippen molar-refractivity contribution in [1.29, 1.82) is 0 Å². The molecule has 18 heavy (non-hydrogen) atoms. The Bertz CT molecular complexity index is 549. The van der Waals surface area contributed by atoms with Gasteiger partial charge in [-0.05, 0) is 15.9 Å². The molecule has 0 fully saturated rings. The topological polar surface area (TPSA) is 56.5 Å². The quantitative estimate of drug-likeness (QED) is 0.814. The zero-order valence-corrected chi connectivity index (χ0v) is 12.4. The first-order valence-electron chi connectivity index (χ1n) is 6.16. The fraction of sp³-hybridized carbons (Fsp3) is 0.500. The monoisotopic (exact) mass is 309 g/mol. The minimum atomic E-state index is 0.776. The summed E-state index contributed by atoms with van der Waals surface area (Å²) in [5.41, 5.74) is 0. The Hall–Kier alpha value is -1.30. The highest BCUT2D eigenvalue weighted by molar-refractivity contribution is 9.10. The lowest BCUT2D eigenvalue weighted by Crippen LogP contribution is -2.07. The second kappa shape index (κ2) is 5.56. The molecule has 0 saturated carbocycles. The molecule has 0 saturated heterocycles. The SMILES string of the molecule is CCc1nc(Br)cc(-n2nc(CC)nc2CC)n1. The highest BCUT2D eigenvalue weighted by Gasteiger charge is 2.11. The maximum Gasteiger partial charge on any atom is 0.160 e. The van der Waals surface area contributed by atoms with Gasteiger partial charge in [-0.15, -0.1) is 5.10 Å². The van der Waals surface area contributed by atoms with Crippen LogP contribution in [0.5, 0.6) is 0 Å². The number of hydrogen-bond donors (Lipinski definition) is 0. The second-order valence-corrected chi connectivity index (χ2v) is 4.69. The Morgan fingerprint density at radius 3 is 2.33 bits per heavy atom. The van der Waals surface area contributed by atoms with Crippen LogP contribution in [0.15, 0.2) is 10.7 Å². The average molecular weight is 310 g/mol. The van der Waals surface area contributed by atoms with E-state index < -0.39 is 0 Å². The van der Waals surface area contributed by atoms with Crippen LogP contribution in [0, 0.1) is 0 Å². The third-order valence-electron chi connectivity index (χ3n) is 2.61. The fourth-order valence-corrected chi connectivity index (χ4v) is 2.08. The molecule has 0 amide bonds. The van der Waals surface area contributed by atoms with Gasteiger partial charge in [0.25, 0.3) is 0 Å². The summed E-state index contributed by atoms with van der Waals surface area (Å²) in [6.45, 7) is 6.15. The van der Waals surface area contributed by atoms with Crippen molar-refractivity contribution >= 4 is 15.9 Å². The van der Waals surface area contributed by atoms with Crippen LogP contribution in [0.4, 0.5) is 0 Å². The molecule has 6 heteroatoms. The first-order valence-corrected chi connectivity index (χ1v) is 6.95. The standard InChI is InChI=1S/C12H16BrN5/c1-4-9-14-8(13)7-12(15-9)18-11(6-3)16-10(5-2)17-18/h7H,4-6H2,1-3H3. The molecule has 2 aromatic rings. The molecule has 0 aliphatic carbocycles. The van der Waals surface area contributed by atoms with Crippen molar-refractivity contribution in [2.24, 2.45) is 0 Å². The Morgan fingerprint density at radius 2 is 1.72 bits per heavy atom. The summed E-state index contributed by atoms with van der Waals surface area (Å²) in [7, 11) is 0. The highest BCUT2D eigenvalue weighted by atomic mass is 79.9. The van der Waals surface area contributed by atoms with Crippen molar-refractivity contribution in [1.82, 2.24) is 24.7 Å². The molecule has 96 valence electrons. The molecule has 2 aromatic heterocycles. The smallest absolute Gasteiger partial charge is 0.160 e. The van der Waals surface area contributed by atoms with Crippen LogP contribution in [0.2, 0.25) is 0 Å². The second-order valence-electron chi connectivity index (χ2n) is 3.88. The molecule has 0 aliphatic rings. The lowest BCUT2D eigenvalue weighted by molar-refractivity contribution is 0.751. The van der Waals surface area contributed by atoms with E-state index in [0.29, 0.717) is 0 Å². The Labute approximate surface area is 115 Å². The van der Waals surface area contributed by atoms with E-state index in [0.717, 1.165) is 47.2 Å². The van der Waals surface area contributed by atoms with Gasteiger partial charge in [0.2, 0.25) is 0 Å². The van der Waals surface area contributed by atoms with Crippen molar-refractivity contribution in [3.05, 3.63) is 28.1 Å². The summed E-state index contributed by atoms with van der Waals surface area (Å²) in [6.07, 6.45) is 2.45. The van der Waals surface area contributed by atoms with Crippen molar-refractivity contribution in [2.45, 2.75) is 40.0 Å². The molecule has 0 bridgehead atoms. The van der Waals surface area contributed by atoms with Crippen molar-refractivity contribution in [3.8, 4) is 5.82 Å². The Balaban J connectivity index is 2.53. The summed E-state index contributed by atoms with van der Waals surface area (Å²) in [5, 5.41) is 4.48. The van der Waals surface area contributed by atoms with Gasteiger partial charge in [0.05, 0.1) is 0 Å². The van der Waals surface area contributed by atoms with Crippen LogP contribution >= 0.6 is 15.9 Å². The summed E-state index contributed by atoms with van der Waals surface area (Å²) < 4.78 is 2.59. The van der Waals surface area contributed by atoms with E-state index in [1.54, 1.807) is 0 Å². The molecule has 0 aliphatic heterocycles. The molecule has 0 atom stereocenters. The molecule has 0 aromatic carbocycles. The maximum atomic E-state index is 4.50. The van der Waals surface area contributed by atoms with E-state index in [1.165, 1.54) is 0 Å². The molecule has 0 N–H and O–H groups in total. The predicted molar refractivity (Wildman–Crippen MR) is 72.8 cm³/mol. The van der Waals surface area contributed by atoms with Crippen LogP contribution in [0.3, 0.4) is 0 Å². The van der Waals surface area contributed by atoms with Crippen molar-refractivity contribution < 1.29 is 0 Å². The van der Waals surface area contributed by atoms with Crippen LogP contribution in [0.1, 0.15) is 38.2 Å². The van der Waals surface area contributed by atoms with Crippen LogP contribution < -0.4 is 0 Å². The maximum absolute atomic E-state index is 4.50. The molecule has 0 spiro atoms. The van der Waals surface area contributed by atoms with Crippen LogP contribution in [-0.2, 0) is 19.3 Å². The molecule has 2 heterocycles.